The first-order chi connectivity index (χ1) is 16.0. The normalized spacial score (nSPS) is 16.9. The molecule has 1 fully saturated rings. The van der Waals surface area contributed by atoms with Crippen molar-refractivity contribution >= 4 is 17.9 Å². The minimum atomic E-state index is -0.355. The van der Waals surface area contributed by atoms with Crippen LogP contribution in [0.4, 0.5) is 0 Å². The summed E-state index contributed by atoms with van der Waals surface area (Å²) in [6.07, 6.45) is 9.98. The fourth-order valence-electron chi connectivity index (χ4n) is 3.40. The lowest BCUT2D eigenvalue weighted by atomic mass is 10.1. The van der Waals surface area contributed by atoms with Gasteiger partial charge in [0.25, 0.3) is 0 Å². The van der Waals surface area contributed by atoms with Crippen LogP contribution in [0.2, 0.25) is 0 Å². The summed E-state index contributed by atoms with van der Waals surface area (Å²) < 4.78 is 16.9. The van der Waals surface area contributed by atoms with Crippen LogP contribution in [0, 0.1) is 6.92 Å². The van der Waals surface area contributed by atoms with E-state index in [-0.39, 0.29) is 24.4 Å². The number of aryl methyl sites for hydroxylation is 1. The number of carbonyl (C=O) groups is 1. The molecule has 0 saturated carbocycles. The number of benzene rings is 2. The van der Waals surface area contributed by atoms with Crippen molar-refractivity contribution in [3.63, 3.8) is 0 Å². The van der Waals surface area contributed by atoms with E-state index >= 15 is 0 Å². The summed E-state index contributed by atoms with van der Waals surface area (Å²) in [5.74, 6) is 0.632. The summed E-state index contributed by atoms with van der Waals surface area (Å²) in [6.45, 7) is 2.56. The molecule has 1 heterocycles. The van der Waals surface area contributed by atoms with Gasteiger partial charge in [0.15, 0.2) is 23.6 Å². The standard InChI is InChI=1S/C27H30O6/c1-19-6-7-20(15-22(19)18-28)8-11-23(29)17-24(30)12-9-21-10-13-25(26(16-21)31-2)33-27-5-3-4-14-32-27/h6-13,15-17,27-29H,3-5,14,18H2,1-2H3/b11-8+,12-9+,23-17-. The highest BCUT2D eigenvalue weighted by Gasteiger charge is 2.17. The summed E-state index contributed by atoms with van der Waals surface area (Å²) in [4.78, 5) is 12.2. The Morgan fingerprint density at radius 3 is 2.58 bits per heavy atom. The van der Waals surface area contributed by atoms with Gasteiger partial charge < -0.3 is 24.4 Å². The number of aliphatic hydroxyl groups is 2. The number of hydrogen-bond donors (Lipinski definition) is 2. The molecule has 1 unspecified atom stereocenters. The van der Waals surface area contributed by atoms with Gasteiger partial charge in [-0.15, -0.1) is 0 Å². The summed E-state index contributed by atoms with van der Waals surface area (Å²) >= 11 is 0. The van der Waals surface area contributed by atoms with Crippen LogP contribution >= 0.6 is 0 Å². The van der Waals surface area contributed by atoms with Crippen LogP contribution in [0.1, 0.15) is 41.5 Å². The first-order valence-corrected chi connectivity index (χ1v) is 11.0. The molecule has 0 aromatic heterocycles. The fraction of sp³-hybridized carbons (Fsp3) is 0.296. The zero-order chi connectivity index (χ0) is 23.6. The van der Waals surface area contributed by atoms with Crippen molar-refractivity contribution in [3.8, 4) is 11.5 Å². The Kier molecular flexibility index (Phi) is 8.87. The molecule has 1 aliphatic rings. The molecule has 33 heavy (non-hydrogen) atoms. The van der Waals surface area contributed by atoms with Crippen LogP contribution in [0.15, 0.2) is 60.4 Å². The Hall–Kier alpha value is -3.35. The second-order valence-electron chi connectivity index (χ2n) is 7.81. The molecule has 0 spiro atoms. The summed E-state index contributed by atoms with van der Waals surface area (Å²) in [5, 5.41) is 19.4. The van der Waals surface area contributed by atoms with Crippen LogP contribution in [0.5, 0.6) is 11.5 Å². The monoisotopic (exact) mass is 450 g/mol. The summed E-state index contributed by atoms with van der Waals surface area (Å²) in [5.41, 5.74) is 3.39. The largest absolute Gasteiger partial charge is 0.508 e. The third-order valence-electron chi connectivity index (χ3n) is 5.30. The lowest BCUT2D eigenvalue weighted by molar-refractivity contribution is -0.110. The van der Waals surface area contributed by atoms with E-state index in [4.69, 9.17) is 14.2 Å². The van der Waals surface area contributed by atoms with E-state index in [0.29, 0.717) is 18.1 Å². The molecule has 1 aliphatic heterocycles. The van der Waals surface area contributed by atoms with Gasteiger partial charge in [-0.05, 0) is 72.4 Å². The van der Waals surface area contributed by atoms with Crippen molar-refractivity contribution in [2.24, 2.45) is 0 Å². The average Bonchev–Trinajstić information content (AvgIpc) is 2.83. The van der Waals surface area contributed by atoms with E-state index in [0.717, 1.165) is 47.6 Å². The Labute approximate surface area is 194 Å². The highest BCUT2D eigenvalue weighted by atomic mass is 16.7. The highest BCUT2D eigenvalue weighted by molar-refractivity contribution is 6.02. The van der Waals surface area contributed by atoms with Crippen molar-refractivity contribution in [1.82, 2.24) is 0 Å². The van der Waals surface area contributed by atoms with E-state index < -0.39 is 0 Å². The first-order valence-electron chi connectivity index (χ1n) is 11.0. The maximum atomic E-state index is 12.2. The molecule has 0 radical (unpaired) electrons. The molecule has 1 atom stereocenters. The average molecular weight is 451 g/mol. The molecule has 1 saturated heterocycles. The molecule has 2 aromatic carbocycles. The van der Waals surface area contributed by atoms with Gasteiger partial charge in [0.05, 0.1) is 20.3 Å². The first kappa shape index (κ1) is 24.3. The molecule has 6 heteroatoms. The number of allylic oxidation sites excluding steroid dienone is 3. The van der Waals surface area contributed by atoms with E-state index in [9.17, 15) is 15.0 Å². The van der Waals surface area contributed by atoms with E-state index in [1.807, 2.05) is 31.2 Å². The molecule has 2 N–H and O–H groups in total. The number of rotatable bonds is 9. The lowest BCUT2D eigenvalue weighted by Gasteiger charge is -2.24. The van der Waals surface area contributed by atoms with Gasteiger partial charge in [-0.1, -0.05) is 30.4 Å². The maximum absolute atomic E-state index is 12.2. The fourth-order valence-corrected chi connectivity index (χ4v) is 3.40. The van der Waals surface area contributed by atoms with Crippen molar-refractivity contribution < 1.29 is 29.2 Å². The van der Waals surface area contributed by atoms with Crippen molar-refractivity contribution in [2.45, 2.75) is 39.1 Å². The number of methoxy groups -OCH3 is 1. The van der Waals surface area contributed by atoms with Gasteiger partial charge in [-0.2, -0.15) is 0 Å². The predicted molar refractivity (Wildman–Crippen MR) is 128 cm³/mol. The smallest absolute Gasteiger partial charge is 0.200 e. The van der Waals surface area contributed by atoms with Gasteiger partial charge in [0, 0.05) is 12.5 Å². The van der Waals surface area contributed by atoms with Crippen LogP contribution in [0.3, 0.4) is 0 Å². The minimum absolute atomic E-state index is 0.0507. The van der Waals surface area contributed by atoms with Crippen molar-refractivity contribution in [2.75, 3.05) is 13.7 Å². The van der Waals surface area contributed by atoms with Crippen LogP contribution < -0.4 is 9.47 Å². The Bertz CT molecular complexity index is 1040. The predicted octanol–water partition coefficient (Wildman–Crippen LogP) is 5.14. The summed E-state index contributed by atoms with van der Waals surface area (Å²) in [6, 6.07) is 11.0. The van der Waals surface area contributed by atoms with Crippen molar-refractivity contribution in [1.29, 1.82) is 0 Å². The molecule has 2 aromatic rings. The SMILES string of the molecule is COc1cc(/C=C/C(=O)/C=C(O)/C=C/c2ccc(C)c(CO)c2)ccc1OC1CCCCO1. The number of ether oxygens (including phenoxy) is 3. The topological polar surface area (TPSA) is 85.2 Å². The van der Waals surface area contributed by atoms with Crippen molar-refractivity contribution in [3.05, 3.63) is 82.6 Å². The van der Waals surface area contributed by atoms with Gasteiger partial charge in [0.1, 0.15) is 5.76 Å². The maximum Gasteiger partial charge on any atom is 0.200 e. The van der Waals surface area contributed by atoms with Crippen LogP contribution in [0.25, 0.3) is 12.2 Å². The summed E-state index contributed by atoms with van der Waals surface area (Å²) in [7, 11) is 1.56. The Morgan fingerprint density at radius 1 is 1.09 bits per heavy atom. The second kappa shape index (κ2) is 12.0. The number of ketones is 1. The van der Waals surface area contributed by atoms with Gasteiger partial charge in [-0.3, -0.25) is 4.79 Å². The Morgan fingerprint density at radius 2 is 1.85 bits per heavy atom. The number of aliphatic hydroxyl groups excluding tert-OH is 2. The Balaban J connectivity index is 1.62. The molecule has 6 nitrogen and oxygen atoms in total. The molecule has 0 aliphatic carbocycles. The molecule has 0 bridgehead atoms. The van der Waals surface area contributed by atoms with Gasteiger partial charge in [0.2, 0.25) is 0 Å². The molecular weight excluding hydrogens is 420 g/mol. The third kappa shape index (κ3) is 7.34. The van der Waals surface area contributed by atoms with E-state index in [1.54, 1.807) is 31.4 Å². The zero-order valence-corrected chi connectivity index (χ0v) is 19.0. The van der Waals surface area contributed by atoms with E-state index in [2.05, 4.69) is 0 Å². The lowest BCUT2D eigenvalue weighted by Crippen LogP contribution is -2.25. The highest BCUT2D eigenvalue weighted by Crippen LogP contribution is 2.31. The zero-order valence-electron chi connectivity index (χ0n) is 19.0. The molecule has 3 rings (SSSR count). The number of carbonyl (C=O) groups excluding carboxylic acids is 1. The third-order valence-corrected chi connectivity index (χ3v) is 5.30. The van der Waals surface area contributed by atoms with Gasteiger partial charge >= 0.3 is 0 Å². The number of hydrogen-bond acceptors (Lipinski definition) is 6. The molecular formula is C27H30O6. The van der Waals surface area contributed by atoms with Crippen LogP contribution in [-0.2, 0) is 16.1 Å². The van der Waals surface area contributed by atoms with Crippen LogP contribution in [-0.4, -0.2) is 36.0 Å². The molecule has 0 amide bonds. The minimum Gasteiger partial charge on any atom is -0.508 e. The van der Waals surface area contributed by atoms with Gasteiger partial charge in [-0.25, -0.2) is 0 Å². The van der Waals surface area contributed by atoms with E-state index in [1.165, 1.54) is 12.2 Å². The molecule has 174 valence electrons. The second-order valence-corrected chi connectivity index (χ2v) is 7.81. The quantitative estimate of drug-likeness (QED) is 0.313.